The smallest absolute Gasteiger partial charge is 0.305 e. The normalized spacial score (nSPS) is 12.2. The molecule has 0 spiro atoms. The van der Waals surface area contributed by atoms with Gasteiger partial charge in [-0.25, -0.2) is 4.68 Å². The van der Waals surface area contributed by atoms with E-state index in [-0.39, 0.29) is 29.7 Å². The first kappa shape index (κ1) is 27.3. The molecule has 0 fully saturated rings. The lowest BCUT2D eigenvalue weighted by atomic mass is 10.0. The van der Waals surface area contributed by atoms with Crippen molar-refractivity contribution < 1.29 is 26.3 Å². The highest BCUT2D eigenvalue weighted by Crippen LogP contribution is 2.37. The second-order valence-corrected chi connectivity index (χ2v) is 9.25. The number of hydrogen-bond acceptors (Lipinski definition) is 5. The van der Waals surface area contributed by atoms with E-state index < -0.39 is 30.0 Å². The summed E-state index contributed by atoms with van der Waals surface area (Å²) in [5, 5.41) is 17.3. The van der Waals surface area contributed by atoms with Gasteiger partial charge in [0, 0.05) is 23.0 Å². The minimum absolute atomic E-state index is 0.0833. The Hall–Kier alpha value is -4.26. The van der Waals surface area contributed by atoms with Crippen molar-refractivity contribution in [3.63, 3.8) is 0 Å². The summed E-state index contributed by atoms with van der Waals surface area (Å²) in [5.41, 5.74) is -1.28. The zero-order chi connectivity index (χ0) is 28.7. The van der Waals surface area contributed by atoms with E-state index >= 15 is 0 Å². The van der Waals surface area contributed by atoms with Crippen LogP contribution in [-0.2, 0) is 25.4 Å². The summed E-state index contributed by atoms with van der Waals surface area (Å²) in [4.78, 5) is 3.99. The maximum atomic E-state index is 13.5. The lowest BCUT2D eigenvalue weighted by molar-refractivity contribution is -0.143. The van der Waals surface area contributed by atoms with E-state index in [4.69, 9.17) is 11.6 Å². The molecule has 3 aromatic heterocycles. The minimum atomic E-state index is -4.98. The molecule has 0 aliphatic rings. The van der Waals surface area contributed by atoms with Crippen LogP contribution in [-0.4, -0.2) is 34.7 Å². The fourth-order valence-corrected chi connectivity index (χ4v) is 4.39. The summed E-state index contributed by atoms with van der Waals surface area (Å²) in [6.45, 7) is 1.57. The van der Waals surface area contributed by atoms with Crippen LogP contribution in [0.5, 0.6) is 0 Å². The molecular weight excluding hydrogens is 560 g/mol. The Morgan fingerprint density at radius 2 is 1.45 bits per heavy atom. The van der Waals surface area contributed by atoms with Crippen molar-refractivity contribution in [2.45, 2.75) is 32.4 Å². The summed E-state index contributed by atoms with van der Waals surface area (Å²) >= 11 is 6.35. The van der Waals surface area contributed by atoms with Gasteiger partial charge >= 0.3 is 12.4 Å². The van der Waals surface area contributed by atoms with Crippen LogP contribution in [0.1, 0.15) is 28.1 Å². The Kier molecular flexibility index (Phi) is 7.08. The largest absolute Gasteiger partial charge is 0.416 e. The van der Waals surface area contributed by atoms with E-state index in [2.05, 4.69) is 25.5 Å². The van der Waals surface area contributed by atoms with Crippen molar-refractivity contribution in [2.75, 3.05) is 0 Å². The lowest BCUT2D eigenvalue weighted by Gasteiger charge is -2.15. The number of nitrogens with zero attached hydrogens (tertiary/aromatic N) is 7. The molecule has 206 valence electrons. The number of halogens is 7. The molecule has 14 heteroatoms. The molecular formula is C26H18ClF6N7. The number of alkyl halides is 6. The van der Waals surface area contributed by atoms with Gasteiger partial charge < -0.3 is 4.57 Å². The molecule has 5 aromatic rings. The van der Waals surface area contributed by atoms with Crippen molar-refractivity contribution in [2.24, 2.45) is 0 Å². The first-order valence-corrected chi connectivity index (χ1v) is 12.1. The molecule has 0 unspecified atom stereocenters. The molecule has 5 rings (SSSR count). The topological polar surface area (TPSA) is 74.3 Å². The predicted octanol–water partition coefficient (Wildman–Crippen LogP) is 6.69. The number of aryl methyl sites for hydroxylation is 1. The average molecular weight is 578 g/mol. The van der Waals surface area contributed by atoms with Crippen LogP contribution in [0.4, 0.5) is 26.3 Å². The maximum absolute atomic E-state index is 13.5. The molecule has 0 aliphatic heterocycles. The Morgan fingerprint density at radius 1 is 0.800 bits per heavy atom. The summed E-state index contributed by atoms with van der Waals surface area (Å²) in [7, 11) is 0. The van der Waals surface area contributed by atoms with Crippen LogP contribution in [0.25, 0.3) is 22.8 Å². The van der Waals surface area contributed by atoms with Crippen LogP contribution in [0.15, 0.2) is 67.0 Å². The second kappa shape index (κ2) is 10.4. The van der Waals surface area contributed by atoms with E-state index in [1.54, 1.807) is 35.8 Å². The van der Waals surface area contributed by atoms with Gasteiger partial charge in [0.2, 0.25) is 0 Å². The van der Waals surface area contributed by atoms with Gasteiger partial charge in [0.1, 0.15) is 11.5 Å². The number of aromatic nitrogens is 7. The van der Waals surface area contributed by atoms with E-state index in [0.29, 0.717) is 34.2 Å². The Morgan fingerprint density at radius 3 is 2.08 bits per heavy atom. The summed E-state index contributed by atoms with van der Waals surface area (Å²) in [6, 6.07) is 11.8. The highest BCUT2D eigenvalue weighted by molar-refractivity contribution is 6.31. The summed E-state index contributed by atoms with van der Waals surface area (Å²) in [6.07, 6.45) is -6.99. The third kappa shape index (κ3) is 5.55. The Balaban J connectivity index is 1.64. The van der Waals surface area contributed by atoms with Crippen molar-refractivity contribution in [1.29, 1.82) is 0 Å². The fourth-order valence-electron chi connectivity index (χ4n) is 4.20. The Bertz CT molecular complexity index is 1630. The monoisotopic (exact) mass is 577 g/mol. The predicted molar refractivity (Wildman–Crippen MR) is 133 cm³/mol. The molecule has 40 heavy (non-hydrogen) atoms. The van der Waals surface area contributed by atoms with Crippen LogP contribution in [0.2, 0.25) is 5.02 Å². The number of hydrogen-bond donors (Lipinski definition) is 0. The summed E-state index contributed by atoms with van der Waals surface area (Å²) < 4.78 is 83.7. The van der Waals surface area contributed by atoms with Gasteiger partial charge in [-0.15, -0.1) is 15.3 Å². The highest BCUT2D eigenvalue weighted by atomic mass is 35.5. The van der Waals surface area contributed by atoms with Gasteiger partial charge in [-0.3, -0.25) is 4.98 Å². The lowest BCUT2D eigenvalue weighted by Crippen LogP contribution is -2.13. The molecule has 2 aromatic carbocycles. The second-order valence-electron chi connectivity index (χ2n) is 8.84. The zero-order valence-corrected chi connectivity index (χ0v) is 21.3. The van der Waals surface area contributed by atoms with Crippen LogP contribution >= 0.6 is 11.6 Å². The molecule has 0 bridgehead atoms. The van der Waals surface area contributed by atoms with Gasteiger partial charge in [-0.2, -0.15) is 26.3 Å². The maximum Gasteiger partial charge on any atom is 0.416 e. The van der Waals surface area contributed by atoms with Crippen molar-refractivity contribution in [3.8, 4) is 22.8 Å². The third-order valence-electron chi connectivity index (χ3n) is 6.10. The molecule has 0 amide bonds. The molecule has 0 aliphatic carbocycles. The van der Waals surface area contributed by atoms with E-state index in [9.17, 15) is 26.3 Å². The first-order chi connectivity index (χ1) is 18.9. The SMILES string of the molecule is Cc1nnc(-c2nnn(Cc3cc(C(F)(F)F)cc(C(F)(F)F)c3)c2-c2ccncc2)n1Cc1ccccc1Cl. The van der Waals surface area contributed by atoms with Gasteiger partial charge in [-0.1, -0.05) is 35.0 Å². The van der Waals surface area contributed by atoms with Gasteiger partial charge in [0.15, 0.2) is 11.5 Å². The average Bonchev–Trinajstić information content (AvgIpc) is 3.47. The molecule has 0 saturated carbocycles. The Labute approximate surface area is 228 Å². The first-order valence-electron chi connectivity index (χ1n) is 11.7. The van der Waals surface area contributed by atoms with E-state index in [0.717, 1.165) is 5.56 Å². The summed E-state index contributed by atoms with van der Waals surface area (Å²) in [5.74, 6) is 0.813. The molecule has 0 saturated heterocycles. The van der Waals surface area contributed by atoms with Crippen molar-refractivity contribution in [3.05, 3.63) is 100 Å². The van der Waals surface area contributed by atoms with E-state index in [1.807, 2.05) is 12.1 Å². The van der Waals surface area contributed by atoms with Gasteiger partial charge in [0.25, 0.3) is 0 Å². The zero-order valence-electron chi connectivity index (χ0n) is 20.5. The third-order valence-corrected chi connectivity index (χ3v) is 6.47. The van der Waals surface area contributed by atoms with Crippen molar-refractivity contribution >= 4 is 11.6 Å². The fraction of sp³-hybridized carbons (Fsp3) is 0.192. The molecule has 0 N–H and O–H groups in total. The number of rotatable bonds is 6. The minimum Gasteiger partial charge on any atom is -0.305 e. The standard InChI is InChI=1S/C26H18ClF6N7/c1-15-35-37-24(39(15)14-18-4-2-3-5-21(18)27)22-23(17-6-8-34-9-7-17)40(38-36-22)13-16-10-19(25(28,29)30)12-20(11-16)26(31,32)33/h2-12H,13-14H2,1H3. The van der Waals surface area contributed by atoms with Gasteiger partial charge in [-0.05, 0) is 54.4 Å². The quantitative estimate of drug-likeness (QED) is 0.210. The van der Waals surface area contributed by atoms with Crippen molar-refractivity contribution in [1.82, 2.24) is 34.7 Å². The number of benzene rings is 2. The molecule has 0 radical (unpaired) electrons. The van der Waals surface area contributed by atoms with Crippen LogP contribution in [0, 0.1) is 6.92 Å². The van der Waals surface area contributed by atoms with E-state index in [1.165, 1.54) is 17.1 Å². The van der Waals surface area contributed by atoms with Gasteiger partial charge in [0.05, 0.1) is 24.2 Å². The molecule has 3 heterocycles. The van der Waals surface area contributed by atoms with Crippen LogP contribution in [0.3, 0.4) is 0 Å². The highest BCUT2D eigenvalue weighted by Gasteiger charge is 2.37. The molecule has 7 nitrogen and oxygen atoms in total. The molecule has 0 atom stereocenters. The number of pyridine rings is 1. The van der Waals surface area contributed by atoms with Crippen LogP contribution < -0.4 is 0 Å².